The van der Waals surface area contributed by atoms with Crippen LogP contribution in [0.15, 0.2) is 33.5 Å². The highest BCUT2D eigenvalue weighted by Gasteiger charge is 2.21. The number of fused-ring (bicyclic) bond motifs is 2. The summed E-state index contributed by atoms with van der Waals surface area (Å²) in [5.74, 6) is -0.855. The molecule has 0 spiro atoms. The number of benzene rings is 1. The standard InChI is InChI=1S/C15H15NO4/c1-8-9-4-6-20-15(9)13(10-5-7-19-14(8)10)11(16)2-3-12(17)18/h4-7,11H,2-3,16H2,1H3,(H,17,18). The molecule has 0 fully saturated rings. The summed E-state index contributed by atoms with van der Waals surface area (Å²) in [7, 11) is 0. The number of furan rings is 2. The van der Waals surface area contributed by atoms with E-state index in [1.165, 1.54) is 0 Å². The van der Waals surface area contributed by atoms with E-state index >= 15 is 0 Å². The molecule has 1 aromatic carbocycles. The lowest BCUT2D eigenvalue weighted by molar-refractivity contribution is -0.137. The Bertz CT molecular complexity index is 732. The zero-order valence-electron chi connectivity index (χ0n) is 11.1. The maximum atomic E-state index is 10.7. The number of aliphatic carboxylic acids is 1. The van der Waals surface area contributed by atoms with E-state index in [-0.39, 0.29) is 6.42 Å². The van der Waals surface area contributed by atoms with Crippen molar-refractivity contribution in [2.45, 2.75) is 25.8 Å². The number of carboxylic acids is 1. The van der Waals surface area contributed by atoms with Gasteiger partial charge in [0, 0.05) is 34.4 Å². The lowest BCUT2D eigenvalue weighted by Gasteiger charge is -2.13. The fourth-order valence-electron chi connectivity index (χ4n) is 2.66. The number of hydrogen-bond acceptors (Lipinski definition) is 4. The van der Waals surface area contributed by atoms with Gasteiger partial charge in [0.15, 0.2) is 0 Å². The monoisotopic (exact) mass is 273 g/mol. The van der Waals surface area contributed by atoms with Crippen LogP contribution in [0.25, 0.3) is 21.9 Å². The maximum Gasteiger partial charge on any atom is 0.303 e. The minimum Gasteiger partial charge on any atom is -0.481 e. The van der Waals surface area contributed by atoms with E-state index in [0.717, 1.165) is 27.5 Å². The Morgan fingerprint density at radius 2 is 1.90 bits per heavy atom. The molecule has 0 saturated carbocycles. The van der Waals surface area contributed by atoms with Gasteiger partial charge < -0.3 is 19.7 Å². The predicted molar refractivity (Wildman–Crippen MR) is 74.5 cm³/mol. The molecule has 3 N–H and O–H groups in total. The number of carboxylic acid groups (broad SMARTS) is 1. The molecule has 0 aliphatic carbocycles. The number of carbonyl (C=O) groups is 1. The van der Waals surface area contributed by atoms with Gasteiger partial charge in [-0.1, -0.05) is 0 Å². The molecular formula is C15H15NO4. The van der Waals surface area contributed by atoms with E-state index in [4.69, 9.17) is 19.7 Å². The average Bonchev–Trinajstić information content (AvgIpc) is 3.05. The van der Waals surface area contributed by atoms with Gasteiger partial charge in [-0.15, -0.1) is 0 Å². The molecule has 0 saturated heterocycles. The van der Waals surface area contributed by atoms with Gasteiger partial charge in [-0.25, -0.2) is 0 Å². The first-order chi connectivity index (χ1) is 9.59. The summed E-state index contributed by atoms with van der Waals surface area (Å²) in [5.41, 5.74) is 9.50. The minimum atomic E-state index is -0.855. The van der Waals surface area contributed by atoms with E-state index in [1.807, 2.05) is 19.1 Å². The van der Waals surface area contributed by atoms with Gasteiger partial charge in [0.05, 0.1) is 12.5 Å². The molecule has 2 aromatic heterocycles. The summed E-state index contributed by atoms with van der Waals surface area (Å²) in [5, 5.41) is 10.6. The molecule has 2 heterocycles. The summed E-state index contributed by atoms with van der Waals surface area (Å²) in [6.07, 6.45) is 3.61. The van der Waals surface area contributed by atoms with Gasteiger partial charge in [-0.2, -0.15) is 0 Å². The lowest BCUT2D eigenvalue weighted by Crippen LogP contribution is -2.13. The third-order valence-corrected chi connectivity index (χ3v) is 3.65. The molecule has 1 unspecified atom stereocenters. The first-order valence-corrected chi connectivity index (χ1v) is 6.44. The van der Waals surface area contributed by atoms with Crippen LogP contribution in [-0.4, -0.2) is 11.1 Å². The fourth-order valence-corrected chi connectivity index (χ4v) is 2.66. The third-order valence-electron chi connectivity index (χ3n) is 3.65. The van der Waals surface area contributed by atoms with Crippen LogP contribution in [0.2, 0.25) is 0 Å². The quantitative estimate of drug-likeness (QED) is 0.760. The van der Waals surface area contributed by atoms with Crippen LogP contribution >= 0.6 is 0 Å². The van der Waals surface area contributed by atoms with E-state index in [2.05, 4.69) is 0 Å². The Hall–Kier alpha value is -2.27. The number of hydrogen-bond donors (Lipinski definition) is 2. The summed E-state index contributed by atoms with van der Waals surface area (Å²) < 4.78 is 11.1. The van der Waals surface area contributed by atoms with Gasteiger partial charge in [-0.3, -0.25) is 4.79 Å². The maximum absolute atomic E-state index is 10.7. The summed E-state index contributed by atoms with van der Waals surface area (Å²) >= 11 is 0. The Kier molecular flexibility index (Phi) is 2.99. The van der Waals surface area contributed by atoms with Gasteiger partial charge in [0.2, 0.25) is 0 Å². The number of nitrogens with two attached hydrogens (primary N) is 1. The van der Waals surface area contributed by atoms with Crippen LogP contribution in [-0.2, 0) is 4.79 Å². The zero-order chi connectivity index (χ0) is 14.3. The van der Waals surface area contributed by atoms with Gasteiger partial charge >= 0.3 is 5.97 Å². The second kappa shape index (κ2) is 4.68. The van der Waals surface area contributed by atoms with Crippen molar-refractivity contribution in [1.29, 1.82) is 0 Å². The van der Waals surface area contributed by atoms with Gasteiger partial charge in [-0.05, 0) is 25.5 Å². The van der Waals surface area contributed by atoms with Crippen LogP contribution in [0.4, 0.5) is 0 Å². The van der Waals surface area contributed by atoms with Crippen molar-refractivity contribution in [3.8, 4) is 0 Å². The van der Waals surface area contributed by atoms with Crippen molar-refractivity contribution in [3.05, 3.63) is 35.8 Å². The zero-order valence-corrected chi connectivity index (χ0v) is 11.1. The number of aryl methyl sites for hydroxylation is 1. The second-order valence-corrected chi connectivity index (χ2v) is 4.90. The molecule has 0 aliphatic rings. The predicted octanol–water partition coefficient (Wildman–Crippen LogP) is 3.35. The molecule has 5 nitrogen and oxygen atoms in total. The highest BCUT2D eigenvalue weighted by Crippen LogP contribution is 2.37. The van der Waals surface area contributed by atoms with Gasteiger partial charge in [0.1, 0.15) is 11.2 Å². The van der Waals surface area contributed by atoms with Crippen molar-refractivity contribution < 1.29 is 18.7 Å². The van der Waals surface area contributed by atoms with Crippen molar-refractivity contribution in [3.63, 3.8) is 0 Å². The van der Waals surface area contributed by atoms with Crippen LogP contribution in [0.1, 0.15) is 30.0 Å². The fraction of sp³-hybridized carbons (Fsp3) is 0.267. The Labute approximate surface area is 115 Å². The molecule has 20 heavy (non-hydrogen) atoms. The summed E-state index contributed by atoms with van der Waals surface area (Å²) in [4.78, 5) is 10.7. The smallest absolute Gasteiger partial charge is 0.303 e. The van der Waals surface area contributed by atoms with Crippen molar-refractivity contribution in [2.75, 3.05) is 0 Å². The van der Waals surface area contributed by atoms with E-state index in [0.29, 0.717) is 12.0 Å². The third kappa shape index (κ3) is 1.87. The van der Waals surface area contributed by atoms with Gasteiger partial charge in [0.25, 0.3) is 0 Å². The van der Waals surface area contributed by atoms with Crippen LogP contribution in [0.5, 0.6) is 0 Å². The molecule has 0 aliphatic heterocycles. The molecule has 5 heteroatoms. The van der Waals surface area contributed by atoms with E-state index in [9.17, 15) is 4.79 Å². The van der Waals surface area contributed by atoms with Crippen LogP contribution < -0.4 is 5.73 Å². The average molecular weight is 273 g/mol. The Morgan fingerprint density at radius 3 is 2.60 bits per heavy atom. The SMILES string of the molecule is Cc1c2ccoc2c(C(N)CCC(=O)O)c2ccoc12. The molecular weight excluding hydrogens is 258 g/mol. The summed E-state index contributed by atoms with van der Waals surface area (Å²) in [6, 6.07) is 3.32. The van der Waals surface area contributed by atoms with Crippen molar-refractivity contribution in [1.82, 2.24) is 0 Å². The normalized spacial score (nSPS) is 13.1. The highest BCUT2D eigenvalue weighted by molar-refractivity contribution is 6.01. The van der Waals surface area contributed by atoms with E-state index in [1.54, 1.807) is 12.5 Å². The van der Waals surface area contributed by atoms with Crippen LogP contribution in [0, 0.1) is 6.92 Å². The molecule has 104 valence electrons. The van der Waals surface area contributed by atoms with Crippen molar-refractivity contribution in [2.24, 2.45) is 5.73 Å². The highest BCUT2D eigenvalue weighted by atomic mass is 16.4. The van der Waals surface area contributed by atoms with Crippen LogP contribution in [0.3, 0.4) is 0 Å². The topological polar surface area (TPSA) is 89.6 Å². The molecule has 0 bridgehead atoms. The molecule has 3 aromatic rings. The number of rotatable bonds is 4. The molecule has 0 radical (unpaired) electrons. The van der Waals surface area contributed by atoms with E-state index < -0.39 is 12.0 Å². The largest absolute Gasteiger partial charge is 0.481 e. The lowest BCUT2D eigenvalue weighted by atomic mass is 9.95. The summed E-state index contributed by atoms with van der Waals surface area (Å²) in [6.45, 7) is 1.97. The first-order valence-electron chi connectivity index (χ1n) is 6.44. The minimum absolute atomic E-state index is 0.0244. The first kappa shape index (κ1) is 12.7. The Morgan fingerprint density at radius 1 is 1.25 bits per heavy atom. The second-order valence-electron chi connectivity index (χ2n) is 4.90. The molecule has 1 atom stereocenters. The van der Waals surface area contributed by atoms with Crippen molar-refractivity contribution >= 4 is 27.9 Å². The Balaban J connectivity index is 2.20. The molecule has 0 amide bonds. The molecule has 3 rings (SSSR count).